The molecule has 5 aromatic heterocycles. The molecule has 0 unspecified atom stereocenters. The van der Waals surface area contributed by atoms with Gasteiger partial charge in [-0.05, 0) is 66.6 Å². The van der Waals surface area contributed by atoms with Gasteiger partial charge in [0.05, 0.1) is 34.5 Å². The van der Waals surface area contributed by atoms with Crippen LogP contribution in [0.15, 0.2) is 67.3 Å². The molecule has 41 heavy (non-hydrogen) atoms. The zero-order chi connectivity index (χ0) is 28.6. The number of hydrogen-bond donors (Lipinski definition) is 3. The molecule has 0 amide bonds. The van der Waals surface area contributed by atoms with E-state index in [9.17, 15) is 12.8 Å². The van der Waals surface area contributed by atoms with Crippen LogP contribution in [0.3, 0.4) is 0 Å². The Labute approximate surface area is 236 Å². The summed E-state index contributed by atoms with van der Waals surface area (Å²) >= 11 is 0. The fourth-order valence-corrected chi connectivity index (χ4v) is 5.53. The Morgan fingerprint density at radius 3 is 2.56 bits per heavy atom. The third-order valence-corrected chi connectivity index (χ3v) is 7.86. The number of aryl methyl sites for hydroxylation is 1. The molecule has 1 aromatic carbocycles. The lowest BCUT2D eigenvalue weighted by molar-refractivity contribution is 0.600. The van der Waals surface area contributed by atoms with E-state index < -0.39 is 15.7 Å². The Morgan fingerprint density at radius 2 is 1.73 bits per heavy atom. The summed E-state index contributed by atoms with van der Waals surface area (Å²) in [5.74, 6) is -0.496. The predicted octanol–water partition coefficient (Wildman–Crippen LogP) is 5.07. The number of fused-ring (bicyclic) bond motifs is 2. The monoisotopic (exact) mass is 569 g/mol. The van der Waals surface area contributed by atoms with E-state index in [0.717, 1.165) is 63.1 Å². The quantitative estimate of drug-likeness (QED) is 0.222. The van der Waals surface area contributed by atoms with Crippen LogP contribution in [0, 0.1) is 5.82 Å². The maximum absolute atomic E-state index is 14.6. The number of benzene rings is 1. The van der Waals surface area contributed by atoms with Crippen molar-refractivity contribution in [3.63, 3.8) is 0 Å². The SMILES string of the molecule is CCNCc1cncc(-c2cc3c(-c4cc5c(-c6cc(F)cc(CCS(C)(=O)=O)c6)nccc5[nH]4)n[nH]c3cn2)c1. The molecule has 6 aromatic rings. The molecular weight excluding hydrogens is 541 g/mol. The van der Waals surface area contributed by atoms with Gasteiger partial charge < -0.3 is 10.3 Å². The minimum absolute atomic E-state index is 0.0547. The number of sulfone groups is 1. The second-order valence-electron chi connectivity index (χ2n) is 10.1. The summed E-state index contributed by atoms with van der Waals surface area (Å²) in [5, 5.41) is 12.6. The molecular formula is C30H28FN7O2S. The summed E-state index contributed by atoms with van der Waals surface area (Å²) in [6, 6.07) is 12.5. The summed E-state index contributed by atoms with van der Waals surface area (Å²) in [7, 11) is -3.18. The molecule has 0 aliphatic carbocycles. The molecule has 3 N–H and O–H groups in total. The molecule has 0 atom stereocenters. The lowest BCUT2D eigenvalue weighted by Gasteiger charge is -2.07. The molecule has 0 fully saturated rings. The van der Waals surface area contributed by atoms with Gasteiger partial charge in [0.15, 0.2) is 0 Å². The van der Waals surface area contributed by atoms with Crippen molar-refractivity contribution in [1.29, 1.82) is 0 Å². The number of pyridine rings is 3. The van der Waals surface area contributed by atoms with Gasteiger partial charge in [-0.15, -0.1) is 0 Å². The van der Waals surface area contributed by atoms with Crippen molar-refractivity contribution < 1.29 is 12.8 Å². The Hall–Kier alpha value is -4.48. The molecule has 0 saturated carbocycles. The van der Waals surface area contributed by atoms with Crippen LogP contribution in [0.1, 0.15) is 18.1 Å². The van der Waals surface area contributed by atoms with E-state index in [4.69, 9.17) is 0 Å². The first kappa shape index (κ1) is 26.7. The summed E-state index contributed by atoms with van der Waals surface area (Å²) in [5.41, 5.74) is 7.63. The minimum atomic E-state index is -3.18. The first-order valence-electron chi connectivity index (χ1n) is 13.2. The van der Waals surface area contributed by atoms with Crippen molar-refractivity contribution in [3.05, 3.63) is 84.2 Å². The van der Waals surface area contributed by atoms with Gasteiger partial charge in [0.2, 0.25) is 0 Å². The standard InChI is InChI=1S/C30H28FN7O2S/c1-3-32-14-19-9-21(16-33-15-19)26-12-24-28(17-35-26)37-38-30(24)27-13-23-25(36-27)4-6-34-29(23)20-8-18(10-22(31)11-20)5-7-41(2,39)40/h4,6,8-13,15-17,32,36H,3,5,7,14H2,1-2H3,(H,37,38). The number of rotatable bonds is 9. The van der Waals surface area contributed by atoms with Crippen LogP contribution in [0.2, 0.25) is 0 Å². The van der Waals surface area contributed by atoms with Crippen molar-refractivity contribution >= 4 is 31.6 Å². The lowest BCUT2D eigenvalue weighted by Crippen LogP contribution is -2.11. The second kappa shape index (κ2) is 10.8. The highest BCUT2D eigenvalue weighted by Crippen LogP contribution is 2.34. The van der Waals surface area contributed by atoms with Crippen molar-refractivity contribution in [2.45, 2.75) is 19.9 Å². The zero-order valence-electron chi connectivity index (χ0n) is 22.6. The fourth-order valence-electron chi connectivity index (χ4n) is 4.92. The number of nitrogens with one attached hydrogen (secondary N) is 3. The van der Waals surface area contributed by atoms with E-state index in [1.807, 2.05) is 24.4 Å². The molecule has 208 valence electrons. The van der Waals surface area contributed by atoms with Gasteiger partial charge in [-0.25, -0.2) is 12.8 Å². The van der Waals surface area contributed by atoms with Crippen LogP contribution < -0.4 is 5.32 Å². The Morgan fingerprint density at radius 1 is 0.902 bits per heavy atom. The zero-order valence-corrected chi connectivity index (χ0v) is 23.4. The van der Waals surface area contributed by atoms with Gasteiger partial charge in [-0.1, -0.05) is 6.92 Å². The molecule has 0 aliphatic rings. The first-order chi connectivity index (χ1) is 19.8. The van der Waals surface area contributed by atoms with E-state index >= 15 is 0 Å². The lowest BCUT2D eigenvalue weighted by atomic mass is 10.0. The molecule has 0 spiro atoms. The number of hydrogen-bond acceptors (Lipinski definition) is 7. The van der Waals surface area contributed by atoms with Crippen LogP contribution in [-0.4, -0.2) is 57.1 Å². The van der Waals surface area contributed by atoms with Crippen molar-refractivity contribution in [2.24, 2.45) is 0 Å². The largest absolute Gasteiger partial charge is 0.353 e. The Balaban J connectivity index is 1.39. The van der Waals surface area contributed by atoms with Crippen LogP contribution in [0.4, 0.5) is 4.39 Å². The number of aromatic amines is 2. The van der Waals surface area contributed by atoms with E-state index in [1.54, 1.807) is 24.7 Å². The third-order valence-electron chi connectivity index (χ3n) is 6.91. The van der Waals surface area contributed by atoms with E-state index in [0.29, 0.717) is 16.8 Å². The van der Waals surface area contributed by atoms with Gasteiger partial charge in [0, 0.05) is 58.8 Å². The van der Waals surface area contributed by atoms with Crippen LogP contribution >= 0.6 is 0 Å². The summed E-state index contributed by atoms with van der Waals surface area (Å²) in [6.07, 6.45) is 8.47. The average molecular weight is 570 g/mol. The predicted molar refractivity (Wildman–Crippen MR) is 158 cm³/mol. The normalized spacial score (nSPS) is 12.0. The van der Waals surface area contributed by atoms with Crippen LogP contribution in [0.25, 0.3) is 55.7 Å². The van der Waals surface area contributed by atoms with E-state index in [-0.39, 0.29) is 12.2 Å². The molecule has 6 rings (SSSR count). The summed E-state index contributed by atoms with van der Waals surface area (Å²) < 4.78 is 37.9. The van der Waals surface area contributed by atoms with Crippen molar-refractivity contribution in [2.75, 3.05) is 18.6 Å². The molecule has 0 radical (unpaired) electrons. The van der Waals surface area contributed by atoms with Gasteiger partial charge >= 0.3 is 0 Å². The molecule has 0 saturated heterocycles. The fraction of sp³-hybridized carbons (Fsp3) is 0.200. The van der Waals surface area contributed by atoms with Gasteiger partial charge in [-0.3, -0.25) is 20.1 Å². The maximum Gasteiger partial charge on any atom is 0.147 e. The van der Waals surface area contributed by atoms with Crippen molar-refractivity contribution in [1.82, 2.24) is 35.5 Å². The first-order valence-corrected chi connectivity index (χ1v) is 15.3. The third kappa shape index (κ3) is 5.72. The maximum atomic E-state index is 14.6. The molecule has 0 bridgehead atoms. The number of halogens is 1. The minimum Gasteiger partial charge on any atom is -0.353 e. The summed E-state index contributed by atoms with van der Waals surface area (Å²) in [4.78, 5) is 17.0. The van der Waals surface area contributed by atoms with Gasteiger partial charge in [0.1, 0.15) is 21.3 Å². The second-order valence-corrected chi connectivity index (χ2v) is 12.3. The van der Waals surface area contributed by atoms with Crippen molar-refractivity contribution in [3.8, 4) is 33.9 Å². The van der Waals surface area contributed by atoms with Gasteiger partial charge in [-0.2, -0.15) is 5.10 Å². The highest BCUT2D eigenvalue weighted by Gasteiger charge is 2.17. The van der Waals surface area contributed by atoms with E-state index in [2.05, 4.69) is 48.4 Å². The number of H-pyrrole nitrogens is 2. The Kier molecular flexibility index (Phi) is 7.06. The molecule has 9 nitrogen and oxygen atoms in total. The van der Waals surface area contributed by atoms with Gasteiger partial charge in [0.25, 0.3) is 0 Å². The Bertz CT molecular complexity index is 2000. The number of nitrogens with zero attached hydrogens (tertiary/aromatic N) is 4. The topological polar surface area (TPSA) is 129 Å². The summed E-state index contributed by atoms with van der Waals surface area (Å²) in [6.45, 7) is 3.66. The highest BCUT2D eigenvalue weighted by atomic mass is 32.2. The van der Waals surface area contributed by atoms with E-state index in [1.165, 1.54) is 18.4 Å². The smallest absolute Gasteiger partial charge is 0.147 e. The average Bonchev–Trinajstić information content (AvgIpc) is 3.58. The highest BCUT2D eigenvalue weighted by molar-refractivity contribution is 7.90. The molecule has 0 aliphatic heterocycles. The molecule has 11 heteroatoms. The number of aromatic nitrogens is 6. The van der Waals surface area contributed by atoms with Crippen LogP contribution in [0.5, 0.6) is 0 Å². The van der Waals surface area contributed by atoms with Crippen LogP contribution in [-0.2, 0) is 22.8 Å². The molecule has 5 heterocycles.